The van der Waals surface area contributed by atoms with Crippen LogP contribution in [0.5, 0.6) is 0 Å². The minimum Gasteiger partial charge on any atom is -0.370 e. The number of nitrogens with one attached hydrogen (secondary N) is 2. The van der Waals surface area contributed by atoms with E-state index in [0.29, 0.717) is 16.6 Å². The predicted octanol–water partition coefficient (Wildman–Crippen LogP) is -1.44. The number of nitrogens with zero attached hydrogens (tertiary/aromatic N) is 3. The maximum absolute atomic E-state index is 11.8. The highest BCUT2D eigenvalue weighted by atomic mass is 32.3. The second kappa shape index (κ2) is 8.09. The SMILES string of the molecule is Cc1sc(N=C(N)N)nc1CSCCN=C1NS(=O)(=O)C(S(N)(=O)=O)C1=N. The maximum Gasteiger partial charge on any atom is 0.258 e. The third-order valence-electron chi connectivity index (χ3n) is 3.16. The zero-order valence-corrected chi connectivity index (χ0v) is 17.3. The van der Waals surface area contributed by atoms with Crippen molar-refractivity contribution in [1.82, 2.24) is 9.71 Å². The second-order valence-electron chi connectivity index (χ2n) is 5.30. The van der Waals surface area contributed by atoms with Gasteiger partial charge in [-0.05, 0) is 6.92 Å². The molecule has 2 heterocycles. The van der Waals surface area contributed by atoms with Crippen LogP contribution in [0.2, 0.25) is 0 Å². The molecule has 1 aliphatic rings. The predicted molar refractivity (Wildman–Crippen MR) is 107 cm³/mol. The number of guanidine groups is 1. The highest BCUT2D eigenvalue weighted by Gasteiger charge is 2.48. The lowest BCUT2D eigenvalue weighted by Crippen LogP contribution is -2.38. The van der Waals surface area contributed by atoms with Gasteiger partial charge in [0, 0.05) is 16.4 Å². The van der Waals surface area contributed by atoms with Crippen molar-refractivity contribution >= 4 is 65.8 Å². The van der Waals surface area contributed by atoms with Gasteiger partial charge < -0.3 is 11.5 Å². The molecule has 1 atom stereocenters. The Kier molecular flexibility index (Phi) is 6.46. The first-order chi connectivity index (χ1) is 12.4. The number of nitrogens with two attached hydrogens (primary N) is 3. The molecule has 27 heavy (non-hydrogen) atoms. The van der Waals surface area contributed by atoms with E-state index in [1.165, 1.54) is 23.1 Å². The van der Waals surface area contributed by atoms with Crippen LogP contribution in [-0.2, 0) is 25.8 Å². The Morgan fingerprint density at radius 3 is 2.67 bits per heavy atom. The number of aliphatic imine (C=N–C) groups is 2. The first-order valence-corrected chi connectivity index (χ1v) is 12.3. The van der Waals surface area contributed by atoms with Gasteiger partial charge in [-0.25, -0.2) is 27.0 Å². The summed E-state index contributed by atoms with van der Waals surface area (Å²) >= 11 is 2.84. The van der Waals surface area contributed by atoms with E-state index >= 15 is 0 Å². The molecule has 150 valence electrons. The van der Waals surface area contributed by atoms with Crippen LogP contribution in [-0.4, -0.2) is 56.2 Å². The highest BCUT2D eigenvalue weighted by Crippen LogP contribution is 2.27. The summed E-state index contributed by atoms with van der Waals surface area (Å²) in [6.45, 7) is 2.06. The fourth-order valence-electron chi connectivity index (χ4n) is 2.06. The highest BCUT2D eigenvalue weighted by molar-refractivity contribution is 8.09. The van der Waals surface area contributed by atoms with E-state index in [4.69, 9.17) is 22.0 Å². The van der Waals surface area contributed by atoms with Crippen LogP contribution in [0.25, 0.3) is 0 Å². The largest absolute Gasteiger partial charge is 0.370 e. The molecule has 0 saturated carbocycles. The van der Waals surface area contributed by atoms with Crippen LogP contribution >= 0.6 is 23.1 Å². The van der Waals surface area contributed by atoms with Gasteiger partial charge in [-0.3, -0.25) is 15.1 Å². The molecule has 16 heteroatoms. The van der Waals surface area contributed by atoms with Gasteiger partial charge in [0.25, 0.3) is 10.0 Å². The van der Waals surface area contributed by atoms with Gasteiger partial charge in [0.15, 0.2) is 11.8 Å². The third kappa shape index (κ3) is 5.38. The van der Waals surface area contributed by atoms with E-state index < -0.39 is 30.3 Å². The molecular formula is C11H18N8O4S4. The van der Waals surface area contributed by atoms with Crippen LogP contribution in [0.1, 0.15) is 10.6 Å². The van der Waals surface area contributed by atoms with Crippen LogP contribution < -0.4 is 21.3 Å². The Morgan fingerprint density at radius 2 is 2.11 bits per heavy atom. The average Bonchev–Trinajstić information content (AvgIpc) is 2.93. The number of hydrogen-bond donors (Lipinski definition) is 5. The van der Waals surface area contributed by atoms with Gasteiger partial charge in [0.05, 0.1) is 12.2 Å². The topological polar surface area (TPSA) is 220 Å². The quantitative estimate of drug-likeness (QED) is 0.186. The lowest BCUT2D eigenvalue weighted by Gasteiger charge is -2.03. The molecule has 0 bridgehead atoms. The van der Waals surface area contributed by atoms with E-state index in [9.17, 15) is 16.8 Å². The number of rotatable bonds is 7. The third-order valence-corrected chi connectivity index (χ3v) is 8.69. The molecule has 1 aliphatic heterocycles. The Hall–Kier alpha value is -1.75. The van der Waals surface area contributed by atoms with Crippen LogP contribution in [0, 0.1) is 12.3 Å². The number of aryl methyl sites for hydroxylation is 1. The zero-order valence-electron chi connectivity index (χ0n) is 14.0. The maximum atomic E-state index is 11.8. The number of hydrogen-bond acceptors (Lipinski definition) is 10. The van der Waals surface area contributed by atoms with Crippen molar-refractivity contribution in [2.24, 2.45) is 26.6 Å². The summed E-state index contributed by atoms with van der Waals surface area (Å²) in [7, 11) is -8.78. The Bertz CT molecular complexity index is 1010. The van der Waals surface area contributed by atoms with Gasteiger partial charge in [0.1, 0.15) is 5.71 Å². The molecule has 1 saturated heterocycles. The first-order valence-electron chi connectivity index (χ1n) is 7.22. The van der Waals surface area contributed by atoms with Crippen molar-refractivity contribution in [2.75, 3.05) is 12.3 Å². The number of thiazole rings is 1. The summed E-state index contributed by atoms with van der Waals surface area (Å²) in [6, 6.07) is 0. The van der Waals surface area contributed by atoms with Crippen LogP contribution in [0.4, 0.5) is 5.13 Å². The molecule has 0 amide bonds. The number of aromatic nitrogens is 1. The summed E-state index contributed by atoms with van der Waals surface area (Å²) in [5.74, 6) is 0.677. The first kappa shape index (κ1) is 21.5. The van der Waals surface area contributed by atoms with Crippen molar-refractivity contribution in [3.63, 3.8) is 0 Å². The average molecular weight is 455 g/mol. The van der Waals surface area contributed by atoms with Gasteiger partial charge in [-0.2, -0.15) is 16.8 Å². The number of primary sulfonamides is 1. The van der Waals surface area contributed by atoms with Crippen LogP contribution in [0.15, 0.2) is 9.98 Å². The Balaban J connectivity index is 1.93. The van der Waals surface area contributed by atoms with Crippen molar-refractivity contribution in [2.45, 2.75) is 17.3 Å². The van der Waals surface area contributed by atoms with Crippen molar-refractivity contribution < 1.29 is 16.8 Å². The van der Waals surface area contributed by atoms with Crippen molar-refractivity contribution in [3.05, 3.63) is 10.6 Å². The Labute approximate surface area is 164 Å². The molecule has 2 rings (SSSR count). The number of amidine groups is 1. The molecule has 1 fully saturated rings. The minimum absolute atomic E-state index is 0.0713. The molecule has 0 aromatic carbocycles. The molecule has 1 aromatic heterocycles. The van der Waals surface area contributed by atoms with E-state index in [1.54, 1.807) is 0 Å². The zero-order chi connectivity index (χ0) is 20.4. The molecular weight excluding hydrogens is 436 g/mol. The molecule has 1 unspecified atom stereocenters. The second-order valence-corrected chi connectivity index (χ2v) is 11.3. The normalized spacial score (nSPS) is 20.6. The lowest BCUT2D eigenvalue weighted by atomic mass is 10.4. The van der Waals surface area contributed by atoms with Gasteiger partial charge >= 0.3 is 0 Å². The molecule has 0 radical (unpaired) electrons. The molecule has 12 nitrogen and oxygen atoms in total. The number of sulfonamides is 2. The summed E-state index contributed by atoms with van der Waals surface area (Å²) in [4.78, 5) is 13.1. The van der Waals surface area contributed by atoms with Crippen molar-refractivity contribution in [3.8, 4) is 0 Å². The molecule has 1 aromatic rings. The van der Waals surface area contributed by atoms with Crippen molar-refractivity contribution in [1.29, 1.82) is 5.41 Å². The van der Waals surface area contributed by atoms with Crippen LogP contribution in [0.3, 0.4) is 0 Å². The lowest BCUT2D eigenvalue weighted by molar-refractivity contribution is 0.585. The van der Waals surface area contributed by atoms with Gasteiger partial charge in [0.2, 0.25) is 19.7 Å². The molecule has 8 N–H and O–H groups in total. The minimum atomic E-state index is -4.47. The Morgan fingerprint density at radius 1 is 1.44 bits per heavy atom. The van der Waals surface area contributed by atoms with E-state index in [2.05, 4.69) is 15.0 Å². The number of thioether (sulfide) groups is 1. The summed E-state index contributed by atoms with van der Waals surface area (Å²) in [6.07, 6.45) is 0. The van der Waals surface area contributed by atoms with E-state index in [0.717, 1.165) is 10.6 Å². The monoisotopic (exact) mass is 454 g/mol. The van der Waals surface area contributed by atoms with E-state index in [1.807, 2.05) is 11.6 Å². The smallest absolute Gasteiger partial charge is 0.258 e. The fourth-order valence-corrected chi connectivity index (χ4v) is 6.78. The standard InChI is InChI=1S/C11H18N8O4S4/c1-5-6(17-11(25-5)18-10(13)14)4-24-3-2-16-8-7(12)9(26(15,20)21)27(22,23)19-8/h9,12H,2-4H2,1H3,(H,16,19)(H2,15,20,21)(H4,13,14,17,18). The molecule has 0 spiro atoms. The summed E-state index contributed by atoms with van der Waals surface area (Å²) in [5.41, 5.74) is 10.8. The van der Waals surface area contributed by atoms with E-state index in [-0.39, 0.29) is 18.3 Å². The molecule has 0 aliphatic carbocycles. The summed E-state index contributed by atoms with van der Waals surface area (Å²) < 4.78 is 46.1. The van der Waals surface area contributed by atoms with Gasteiger partial charge in [-0.15, -0.1) is 0 Å². The fraction of sp³-hybridized carbons (Fsp3) is 0.455. The van der Waals surface area contributed by atoms with Gasteiger partial charge in [-0.1, -0.05) is 11.3 Å². The summed E-state index contributed by atoms with van der Waals surface area (Å²) in [5, 5.41) is 13.0.